The number of carbonyl (C=O) groups is 1. The Labute approximate surface area is 198 Å². The van der Waals surface area contributed by atoms with Crippen molar-refractivity contribution in [1.82, 2.24) is 9.97 Å². The lowest BCUT2D eigenvalue weighted by Crippen LogP contribution is -2.28. The molecule has 180 valence electrons. The lowest BCUT2D eigenvalue weighted by Gasteiger charge is -2.29. The number of alkyl halides is 1. The fourth-order valence-corrected chi connectivity index (χ4v) is 4.60. The summed E-state index contributed by atoms with van der Waals surface area (Å²) in [7, 11) is 0. The van der Waals surface area contributed by atoms with Crippen molar-refractivity contribution in [3.8, 4) is 11.4 Å². The maximum atomic E-state index is 13.9. The number of aromatic nitrogens is 2. The number of hydrogen-bond donors (Lipinski definition) is 0. The number of rotatable bonds is 11. The number of esters is 1. The minimum absolute atomic E-state index is 0.154. The zero-order chi connectivity index (χ0) is 23.6. The molecule has 2 aromatic rings. The van der Waals surface area contributed by atoms with Gasteiger partial charge in [0.15, 0.2) is 12.0 Å². The van der Waals surface area contributed by atoms with Crippen LogP contribution in [0.1, 0.15) is 108 Å². The van der Waals surface area contributed by atoms with Gasteiger partial charge in [-0.2, -0.15) is 0 Å². The van der Waals surface area contributed by atoms with E-state index in [9.17, 15) is 9.18 Å². The summed E-state index contributed by atoms with van der Waals surface area (Å²) < 4.78 is 19.3. The van der Waals surface area contributed by atoms with Gasteiger partial charge in [-0.05, 0) is 62.0 Å². The highest BCUT2D eigenvalue weighted by Crippen LogP contribution is 2.35. The molecular formula is C28H39FN2O2. The summed E-state index contributed by atoms with van der Waals surface area (Å²) in [5.41, 5.74) is 3.44. The van der Waals surface area contributed by atoms with Crippen LogP contribution in [-0.2, 0) is 9.53 Å². The van der Waals surface area contributed by atoms with E-state index in [2.05, 4.69) is 43.1 Å². The number of hydrogen-bond acceptors (Lipinski definition) is 4. The highest BCUT2D eigenvalue weighted by atomic mass is 19.1. The van der Waals surface area contributed by atoms with Crippen molar-refractivity contribution < 1.29 is 13.9 Å². The third kappa shape index (κ3) is 7.35. The molecule has 4 nitrogen and oxygen atoms in total. The van der Waals surface area contributed by atoms with E-state index in [4.69, 9.17) is 9.72 Å². The third-order valence-electron chi connectivity index (χ3n) is 6.84. The molecule has 1 saturated carbocycles. The van der Waals surface area contributed by atoms with Crippen molar-refractivity contribution in [3.63, 3.8) is 0 Å². The Morgan fingerprint density at radius 2 is 1.70 bits per heavy atom. The third-order valence-corrected chi connectivity index (χ3v) is 6.84. The molecule has 5 heteroatoms. The molecule has 1 aromatic heterocycles. The monoisotopic (exact) mass is 454 g/mol. The van der Waals surface area contributed by atoms with Crippen molar-refractivity contribution in [3.05, 3.63) is 47.8 Å². The number of carbonyl (C=O) groups excluding carboxylic acids is 1. The molecule has 0 spiro atoms. The Morgan fingerprint density at radius 1 is 1.03 bits per heavy atom. The van der Waals surface area contributed by atoms with Crippen LogP contribution in [0.15, 0.2) is 36.5 Å². The second-order valence-electron chi connectivity index (χ2n) is 9.49. The molecule has 0 bridgehead atoms. The van der Waals surface area contributed by atoms with Gasteiger partial charge in [0.2, 0.25) is 0 Å². The zero-order valence-electron chi connectivity index (χ0n) is 20.4. The van der Waals surface area contributed by atoms with Crippen LogP contribution in [0, 0.1) is 0 Å². The van der Waals surface area contributed by atoms with E-state index >= 15 is 0 Å². The van der Waals surface area contributed by atoms with Crippen LogP contribution in [0.5, 0.6) is 0 Å². The van der Waals surface area contributed by atoms with Gasteiger partial charge in [0.25, 0.3) is 0 Å². The number of ether oxygens (including phenoxy) is 1. The van der Waals surface area contributed by atoms with Crippen LogP contribution < -0.4 is 0 Å². The topological polar surface area (TPSA) is 52.1 Å². The average Bonchev–Trinajstić information content (AvgIpc) is 2.86. The van der Waals surface area contributed by atoms with Gasteiger partial charge in [0, 0.05) is 17.5 Å². The summed E-state index contributed by atoms with van der Waals surface area (Å²) in [6.07, 6.45) is 9.13. The lowest BCUT2D eigenvalue weighted by molar-refractivity contribution is -0.157. The van der Waals surface area contributed by atoms with Crippen LogP contribution in [0.2, 0.25) is 0 Å². The van der Waals surface area contributed by atoms with Crippen LogP contribution >= 0.6 is 0 Å². The Bertz CT molecular complexity index is 862. The van der Waals surface area contributed by atoms with Crippen molar-refractivity contribution in [2.45, 2.75) is 109 Å². The summed E-state index contributed by atoms with van der Waals surface area (Å²) in [6, 6.07) is 10.6. The molecule has 1 aliphatic carbocycles. The Balaban J connectivity index is 1.54. The molecule has 0 N–H and O–H groups in total. The van der Waals surface area contributed by atoms with E-state index in [1.165, 1.54) is 18.4 Å². The van der Waals surface area contributed by atoms with E-state index in [-0.39, 0.29) is 12.5 Å². The van der Waals surface area contributed by atoms with Crippen molar-refractivity contribution in [2.24, 2.45) is 0 Å². The quantitative estimate of drug-likeness (QED) is 0.329. The van der Waals surface area contributed by atoms with Crippen LogP contribution in [0.25, 0.3) is 11.4 Å². The van der Waals surface area contributed by atoms with Gasteiger partial charge in [0.05, 0.1) is 0 Å². The van der Waals surface area contributed by atoms with E-state index in [0.717, 1.165) is 55.6 Å². The van der Waals surface area contributed by atoms with E-state index < -0.39 is 12.1 Å². The molecule has 1 fully saturated rings. The Hall–Kier alpha value is -2.30. The number of nitrogens with zero attached hydrogens (tertiary/aromatic N) is 2. The molecule has 33 heavy (non-hydrogen) atoms. The Kier molecular flexibility index (Phi) is 9.83. The van der Waals surface area contributed by atoms with E-state index in [1.807, 2.05) is 19.2 Å². The van der Waals surface area contributed by atoms with Crippen LogP contribution in [-0.4, -0.2) is 28.2 Å². The van der Waals surface area contributed by atoms with Gasteiger partial charge in [-0.3, -0.25) is 0 Å². The molecule has 1 aromatic carbocycles. The van der Waals surface area contributed by atoms with Gasteiger partial charge in [-0.15, -0.1) is 0 Å². The van der Waals surface area contributed by atoms with Gasteiger partial charge in [-0.25, -0.2) is 19.2 Å². The van der Waals surface area contributed by atoms with E-state index in [0.29, 0.717) is 18.3 Å². The summed E-state index contributed by atoms with van der Waals surface area (Å²) >= 11 is 0. The molecule has 0 saturated heterocycles. The maximum absolute atomic E-state index is 13.9. The van der Waals surface area contributed by atoms with Crippen molar-refractivity contribution in [2.75, 3.05) is 0 Å². The molecule has 0 radical (unpaired) electrons. The summed E-state index contributed by atoms with van der Waals surface area (Å²) in [5, 5.41) is 0. The molecule has 1 unspecified atom stereocenters. The molecular weight excluding hydrogens is 415 g/mol. The minimum Gasteiger partial charge on any atom is -0.460 e. The fourth-order valence-electron chi connectivity index (χ4n) is 4.60. The predicted molar refractivity (Wildman–Crippen MR) is 131 cm³/mol. The lowest BCUT2D eigenvalue weighted by atomic mass is 9.82. The van der Waals surface area contributed by atoms with Gasteiger partial charge < -0.3 is 4.74 Å². The first-order chi connectivity index (χ1) is 16.0. The molecule has 3 rings (SSSR count). The average molecular weight is 455 g/mol. The molecule has 0 amide bonds. The highest BCUT2D eigenvalue weighted by molar-refractivity contribution is 5.74. The zero-order valence-corrected chi connectivity index (χ0v) is 20.4. The number of halogens is 1. The number of unbranched alkanes of at least 4 members (excludes halogenated alkanes) is 2. The van der Waals surface area contributed by atoms with Crippen LogP contribution in [0.3, 0.4) is 0 Å². The van der Waals surface area contributed by atoms with Crippen molar-refractivity contribution >= 4 is 5.97 Å². The normalized spacial score (nSPS) is 20.2. The molecule has 1 heterocycles. The smallest absolute Gasteiger partial charge is 0.340 e. The highest BCUT2D eigenvalue weighted by Gasteiger charge is 2.27. The second-order valence-corrected chi connectivity index (χ2v) is 9.49. The molecule has 1 aliphatic rings. The summed E-state index contributed by atoms with van der Waals surface area (Å²) in [5.74, 6) is 0.982. The maximum Gasteiger partial charge on any atom is 0.340 e. The molecule has 2 atom stereocenters. The van der Waals surface area contributed by atoms with Crippen LogP contribution in [0.4, 0.5) is 4.39 Å². The SMILES string of the molecule is CCCCC(C)c1ccnc(-c2ccc(C3CCC(OC(=O)[C@@H](F)CCCC)CC3)cc2)n1. The predicted octanol–water partition coefficient (Wildman–Crippen LogP) is 7.54. The summed E-state index contributed by atoms with van der Waals surface area (Å²) in [4.78, 5) is 21.3. The van der Waals surface area contributed by atoms with Gasteiger partial charge >= 0.3 is 5.97 Å². The van der Waals surface area contributed by atoms with E-state index in [1.54, 1.807) is 0 Å². The summed E-state index contributed by atoms with van der Waals surface area (Å²) in [6.45, 7) is 6.44. The largest absolute Gasteiger partial charge is 0.460 e. The first kappa shape index (κ1) is 25.3. The molecule has 0 aliphatic heterocycles. The fraction of sp³-hybridized carbons (Fsp3) is 0.607. The first-order valence-electron chi connectivity index (χ1n) is 12.8. The first-order valence-corrected chi connectivity index (χ1v) is 12.8. The van der Waals surface area contributed by atoms with Gasteiger partial charge in [0.1, 0.15) is 6.10 Å². The van der Waals surface area contributed by atoms with Gasteiger partial charge in [-0.1, -0.05) is 70.7 Å². The number of benzene rings is 1. The van der Waals surface area contributed by atoms with Crippen molar-refractivity contribution in [1.29, 1.82) is 0 Å². The second kappa shape index (κ2) is 12.8. The Morgan fingerprint density at radius 3 is 2.36 bits per heavy atom. The standard InChI is InChI=1S/C28H39FN2O2/c1-4-6-8-20(3)26-18-19-30-27(31-26)23-12-10-21(11-13-23)22-14-16-24(17-15-22)33-28(32)25(29)9-7-5-2/h10-13,18-20,22,24-25H,4-9,14-17H2,1-3H3/t20?,22?,24?,25-/m0/s1. The minimum atomic E-state index is -1.48.